The third kappa shape index (κ3) is 4.25. The largest absolute Gasteiger partial charge is 0.496 e. The van der Waals surface area contributed by atoms with E-state index >= 15 is 0 Å². The summed E-state index contributed by atoms with van der Waals surface area (Å²) in [5.74, 6) is 1.57. The molecule has 3 aromatic carbocycles. The van der Waals surface area contributed by atoms with Gasteiger partial charge in [0, 0.05) is 10.6 Å². The summed E-state index contributed by atoms with van der Waals surface area (Å²) in [5, 5.41) is 9.97. The van der Waals surface area contributed by atoms with Crippen LogP contribution in [0.2, 0.25) is 5.02 Å². The smallest absolute Gasteiger partial charge is 0.196 e. The van der Waals surface area contributed by atoms with Crippen LogP contribution in [0.4, 0.5) is 0 Å². The van der Waals surface area contributed by atoms with E-state index in [9.17, 15) is 4.79 Å². The lowest BCUT2D eigenvalue weighted by Gasteiger charge is -2.12. The third-order valence-corrected chi connectivity index (χ3v) is 5.64. The molecule has 0 aliphatic rings. The third-order valence-electron chi connectivity index (χ3n) is 4.48. The molecule has 4 rings (SSSR count). The summed E-state index contributed by atoms with van der Waals surface area (Å²) in [6, 6.07) is 24.3. The Balaban J connectivity index is 1.74. The minimum absolute atomic E-state index is 0.0279. The number of thioether (sulfide) groups is 1. The molecule has 0 aliphatic carbocycles. The average molecular weight is 436 g/mol. The molecule has 5 nitrogen and oxygen atoms in total. The Bertz CT molecular complexity index is 1180. The van der Waals surface area contributed by atoms with Crippen molar-refractivity contribution in [3.63, 3.8) is 0 Å². The molecule has 0 fully saturated rings. The van der Waals surface area contributed by atoms with Crippen molar-refractivity contribution in [2.45, 2.75) is 5.16 Å². The van der Waals surface area contributed by atoms with Gasteiger partial charge in [-0.15, -0.1) is 10.2 Å². The SMILES string of the molecule is COc1ccccc1-c1nnc(SCC(=O)c2ccccc2)n1-c1cccc(Cl)c1. The fraction of sp³-hybridized carbons (Fsp3) is 0.0870. The van der Waals surface area contributed by atoms with Crippen molar-refractivity contribution in [2.75, 3.05) is 12.9 Å². The molecule has 1 aromatic heterocycles. The van der Waals surface area contributed by atoms with Crippen LogP contribution in [0.3, 0.4) is 0 Å². The van der Waals surface area contributed by atoms with Crippen LogP contribution in [-0.4, -0.2) is 33.4 Å². The van der Waals surface area contributed by atoms with Gasteiger partial charge >= 0.3 is 0 Å². The van der Waals surface area contributed by atoms with Gasteiger partial charge in [0.05, 0.1) is 24.1 Å². The first-order valence-electron chi connectivity index (χ1n) is 9.23. The molecule has 0 unspecified atom stereocenters. The summed E-state index contributed by atoms with van der Waals surface area (Å²) in [4.78, 5) is 12.6. The van der Waals surface area contributed by atoms with E-state index in [0.717, 1.165) is 11.3 Å². The fourth-order valence-corrected chi connectivity index (χ4v) is 4.08. The van der Waals surface area contributed by atoms with Crippen LogP contribution in [-0.2, 0) is 0 Å². The number of carbonyl (C=O) groups excluding carboxylic acids is 1. The van der Waals surface area contributed by atoms with Crippen LogP contribution in [0, 0.1) is 0 Å². The molecule has 0 bridgehead atoms. The first-order valence-corrected chi connectivity index (χ1v) is 10.6. The highest BCUT2D eigenvalue weighted by molar-refractivity contribution is 7.99. The minimum Gasteiger partial charge on any atom is -0.496 e. The topological polar surface area (TPSA) is 57.0 Å². The van der Waals surface area contributed by atoms with Crippen molar-refractivity contribution >= 4 is 29.1 Å². The molecule has 30 heavy (non-hydrogen) atoms. The van der Waals surface area contributed by atoms with E-state index in [1.807, 2.05) is 83.4 Å². The molecular formula is C23H18ClN3O2S. The molecular weight excluding hydrogens is 418 g/mol. The first-order chi connectivity index (χ1) is 14.7. The van der Waals surface area contributed by atoms with E-state index in [0.29, 0.717) is 27.3 Å². The van der Waals surface area contributed by atoms with Gasteiger partial charge in [-0.1, -0.05) is 71.9 Å². The molecule has 0 saturated carbocycles. The Hall–Kier alpha value is -3.09. The number of halogens is 1. The Morgan fingerprint density at radius 3 is 2.53 bits per heavy atom. The molecule has 0 radical (unpaired) electrons. The van der Waals surface area contributed by atoms with Crippen molar-refractivity contribution in [1.29, 1.82) is 0 Å². The monoisotopic (exact) mass is 435 g/mol. The van der Waals surface area contributed by atoms with E-state index in [4.69, 9.17) is 16.3 Å². The van der Waals surface area contributed by atoms with Gasteiger partial charge in [0.25, 0.3) is 0 Å². The van der Waals surface area contributed by atoms with Crippen LogP contribution in [0.5, 0.6) is 5.75 Å². The number of hydrogen-bond donors (Lipinski definition) is 0. The Morgan fingerprint density at radius 1 is 1.00 bits per heavy atom. The van der Waals surface area contributed by atoms with Crippen molar-refractivity contribution in [3.05, 3.63) is 89.4 Å². The summed E-state index contributed by atoms with van der Waals surface area (Å²) in [6.07, 6.45) is 0. The van der Waals surface area contributed by atoms with Gasteiger partial charge in [0.2, 0.25) is 0 Å². The summed E-state index contributed by atoms with van der Waals surface area (Å²) < 4.78 is 7.41. The second-order valence-electron chi connectivity index (χ2n) is 6.40. The van der Waals surface area contributed by atoms with Crippen LogP contribution in [0.25, 0.3) is 17.1 Å². The second kappa shape index (κ2) is 9.15. The quantitative estimate of drug-likeness (QED) is 0.280. The number of carbonyl (C=O) groups is 1. The highest BCUT2D eigenvalue weighted by Gasteiger charge is 2.20. The van der Waals surface area contributed by atoms with E-state index in [2.05, 4.69) is 10.2 Å². The number of aromatic nitrogens is 3. The molecule has 0 spiro atoms. The van der Waals surface area contributed by atoms with E-state index in [-0.39, 0.29) is 11.5 Å². The van der Waals surface area contributed by atoms with Crippen molar-refractivity contribution < 1.29 is 9.53 Å². The maximum absolute atomic E-state index is 12.6. The van der Waals surface area contributed by atoms with E-state index in [1.165, 1.54) is 11.8 Å². The molecule has 150 valence electrons. The van der Waals surface area contributed by atoms with Gasteiger partial charge in [-0.05, 0) is 30.3 Å². The van der Waals surface area contributed by atoms with Crippen LogP contribution >= 0.6 is 23.4 Å². The lowest BCUT2D eigenvalue weighted by molar-refractivity contribution is 0.102. The highest BCUT2D eigenvalue weighted by Crippen LogP contribution is 2.33. The first kappa shape index (κ1) is 20.2. The van der Waals surface area contributed by atoms with Crippen molar-refractivity contribution in [2.24, 2.45) is 0 Å². The molecule has 4 aromatic rings. The van der Waals surface area contributed by atoms with Crippen molar-refractivity contribution in [1.82, 2.24) is 14.8 Å². The number of para-hydroxylation sites is 1. The van der Waals surface area contributed by atoms with Crippen LogP contribution in [0.1, 0.15) is 10.4 Å². The van der Waals surface area contributed by atoms with Gasteiger partial charge in [0.15, 0.2) is 16.8 Å². The number of benzene rings is 3. The van der Waals surface area contributed by atoms with Gasteiger partial charge in [-0.3, -0.25) is 9.36 Å². The number of nitrogens with zero attached hydrogens (tertiary/aromatic N) is 3. The molecule has 0 amide bonds. The molecule has 0 aliphatic heterocycles. The Morgan fingerprint density at radius 2 is 1.77 bits per heavy atom. The fourth-order valence-electron chi connectivity index (χ4n) is 3.05. The zero-order valence-corrected chi connectivity index (χ0v) is 17.7. The zero-order chi connectivity index (χ0) is 20.9. The molecule has 0 saturated heterocycles. The van der Waals surface area contributed by atoms with Crippen LogP contribution in [0.15, 0.2) is 84.0 Å². The lowest BCUT2D eigenvalue weighted by atomic mass is 10.2. The maximum atomic E-state index is 12.6. The summed E-state index contributed by atoms with van der Waals surface area (Å²) >= 11 is 7.57. The van der Waals surface area contributed by atoms with E-state index < -0.39 is 0 Å². The predicted octanol–water partition coefficient (Wildman–Crippen LogP) is 5.57. The molecule has 7 heteroatoms. The van der Waals surface area contributed by atoms with Crippen molar-refractivity contribution in [3.8, 4) is 22.8 Å². The number of ketones is 1. The van der Waals surface area contributed by atoms with Gasteiger partial charge < -0.3 is 4.74 Å². The van der Waals surface area contributed by atoms with Gasteiger partial charge in [0.1, 0.15) is 5.75 Å². The Labute approximate surface area is 183 Å². The molecule has 0 atom stereocenters. The lowest BCUT2D eigenvalue weighted by Crippen LogP contribution is -2.05. The van der Waals surface area contributed by atoms with Gasteiger partial charge in [-0.2, -0.15) is 0 Å². The summed E-state index contributed by atoms with van der Waals surface area (Å²) in [6.45, 7) is 0. The van der Waals surface area contributed by atoms with Gasteiger partial charge in [-0.25, -0.2) is 0 Å². The standard InChI is InChI=1S/C23H18ClN3O2S/c1-29-21-13-6-5-12-19(21)22-25-26-23(27(22)18-11-7-10-17(24)14-18)30-15-20(28)16-8-3-2-4-9-16/h2-14H,15H2,1H3. The number of Topliss-reactive ketones (excluding diaryl/α,β-unsaturated/α-hetero) is 1. The minimum atomic E-state index is 0.0279. The highest BCUT2D eigenvalue weighted by atomic mass is 35.5. The summed E-state index contributed by atoms with van der Waals surface area (Å²) in [5.41, 5.74) is 2.28. The zero-order valence-electron chi connectivity index (χ0n) is 16.2. The number of ether oxygens (including phenoxy) is 1. The second-order valence-corrected chi connectivity index (χ2v) is 7.78. The van der Waals surface area contributed by atoms with E-state index in [1.54, 1.807) is 7.11 Å². The predicted molar refractivity (Wildman–Crippen MR) is 120 cm³/mol. The maximum Gasteiger partial charge on any atom is 0.196 e. The number of rotatable bonds is 7. The number of hydrogen-bond acceptors (Lipinski definition) is 5. The number of methoxy groups -OCH3 is 1. The Kier molecular flexibility index (Phi) is 6.16. The average Bonchev–Trinajstić information content (AvgIpc) is 3.21. The summed E-state index contributed by atoms with van der Waals surface area (Å²) in [7, 11) is 1.62. The molecule has 1 heterocycles. The van der Waals surface area contributed by atoms with Crippen LogP contribution < -0.4 is 4.74 Å². The molecule has 0 N–H and O–H groups in total. The normalized spacial score (nSPS) is 10.7.